The molecule has 2 aromatic rings. The standard InChI is InChI=1S/C14H12N2O3/c17-12(9-4-3-7-15-8-9)16-13(18)10-5-1-2-6-11(10)14(16)19/h1-8,13-14,18-19H. The Morgan fingerprint density at radius 1 is 1.05 bits per heavy atom. The van der Waals surface area contributed by atoms with Crippen molar-refractivity contribution in [3.8, 4) is 0 Å². The van der Waals surface area contributed by atoms with Gasteiger partial charge in [-0.25, -0.2) is 0 Å². The first-order chi connectivity index (χ1) is 9.20. The Bertz CT molecular complexity index is 586. The number of carbonyl (C=O) groups excluding carboxylic acids is 1. The summed E-state index contributed by atoms with van der Waals surface area (Å²) < 4.78 is 0. The quantitative estimate of drug-likeness (QED) is 0.804. The molecule has 0 bridgehead atoms. The van der Waals surface area contributed by atoms with Gasteiger partial charge in [0.25, 0.3) is 5.91 Å². The molecular weight excluding hydrogens is 244 g/mol. The van der Waals surface area contributed by atoms with E-state index in [9.17, 15) is 15.0 Å². The zero-order valence-corrected chi connectivity index (χ0v) is 9.97. The molecule has 1 aliphatic heterocycles. The Labute approximate surface area is 109 Å². The Morgan fingerprint density at radius 2 is 1.68 bits per heavy atom. The Morgan fingerprint density at radius 3 is 2.21 bits per heavy atom. The fourth-order valence-electron chi connectivity index (χ4n) is 2.28. The second kappa shape index (κ2) is 4.46. The molecule has 2 unspecified atom stereocenters. The second-order valence-corrected chi connectivity index (χ2v) is 4.33. The normalized spacial score (nSPS) is 21.3. The molecule has 0 radical (unpaired) electrons. The van der Waals surface area contributed by atoms with Crippen molar-refractivity contribution < 1.29 is 15.0 Å². The van der Waals surface area contributed by atoms with Gasteiger partial charge in [0.05, 0.1) is 5.56 Å². The predicted octanol–water partition coefficient (Wildman–Crippen LogP) is 1.22. The number of aliphatic hydroxyl groups is 2. The molecular formula is C14H12N2O3. The number of carbonyl (C=O) groups is 1. The number of aliphatic hydroxyl groups excluding tert-OH is 2. The molecule has 0 fully saturated rings. The van der Waals surface area contributed by atoms with E-state index >= 15 is 0 Å². The van der Waals surface area contributed by atoms with E-state index in [1.54, 1.807) is 42.6 Å². The third-order valence-corrected chi connectivity index (χ3v) is 3.22. The van der Waals surface area contributed by atoms with Crippen molar-refractivity contribution in [2.75, 3.05) is 0 Å². The largest absolute Gasteiger partial charge is 0.369 e. The number of rotatable bonds is 1. The van der Waals surface area contributed by atoms with Gasteiger partial charge in [-0.1, -0.05) is 24.3 Å². The first-order valence-corrected chi connectivity index (χ1v) is 5.88. The van der Waals surface area contributed by atoms with E-state index in [0.717, 1.165) is 4.90 Å². The van der Waals surface area contributed by atoms with Crippen molar-refractivity contribution in [3.05, 3.63) is 65.5 Å². The third-order valence-electron chi connectivity index (χ3n) is 3.22. The topological polar surface area (TPSA) is 73.7 Å². The minimum absolute atomic E-state index is 0.327. The number of pyridine rings is 1. The highest BCUT2D eigenvalue weighted by molar-refractivity contribution is 5.94. The van der Waals surface area contributed by atoms with Crippen LogP contribution in [0.5, 0.6) is 0 Å². The lowest BCUT2D eigenvalue weighted by Gasteiger charge is -2.24. The maximum atomic E-state index is 12.3. The molecule has 3 rings (SSSR count). The van der Waals surface area contributed by atoms with Gasteiger partial charge in [-0.3, -0.25) is 14.7 Å². The van der Waals surface area contributed by atoms with Crippen molar-refractivity contribution in [2.45, 2.75) is 12.5 Å². The fourth-order valence-corrected chi connectivity index (χ4v) is 2.28. The molecule has 1 aliphatic rings. The minimum Gasteiger partial charge on any atom is -0.369 e. The van der Waals surface area contributed by atoms with E-state index in [-0.39, 0.29) is 0 Å². The summed E-state index contributed by atoms with van der Waals surface area (Å²) in [6.07, 6.45) is 0.686. The highest BCUT2D eigenvalue weighted by atomic mass is 16.3. The summed E-state index contributed by atoms with van der Waals surface area (Å²) in [5, 5.41) is 20.3. The zero-order valence-electron chi connectivity index (χ0n) is 9.97. The lowest BCUT2D eigenvalue weighted by atomic mass is 10.1. The lowest BCUT2D eigenvalue weighted by Crippen LogP contribution is -2.32. The van der Waals surface area contributed by atoms with Crippen LogP contribution < -0.4 is 0 Å². The zero-order chi connectivity index (χ0) is 13.4. The molecule has 0 saturated carbocycles. The average molecular weight is 256 g/mol. The van der Waals surface area contributed by atoms with Gasteiger partial charge in [-0.2, -0.15) is 0 Å². The van der Waals surface area contributed by atoms with E-state index in [1.165, 1.54) is 6.20 Å². The number of hydrogen-bond acceptors (Lipinski definition) is 4. The van der Waals surface area contributed by atoms with Crippen LogP contribution in [0.1, 0.15) is 33.9 Å². The molecule has 0 spiro atoms. The first kappa shape index (κ1) is 11.8. The molecule has 0 aliphatic carbocycles. The molecule has 1 aromatic carbocycles. The molecule has 0 saturated heterocycles. The van der Waals surface area contributed by atoms with Gasteiger partial charge in [0, 0.05) is 23.5 Å². The van der Waals surface area contributed by atoms with Crippen molar-refractivity contribution in [2.24, 2.45) is 0 Å². The molecule has 2 atom stereocenters. The maximum absolute atomic E-state index is 12.3. The summed E-state index contributed by atoms with van der Waals surface area (Å²) in [5.41, 5.74) is 1.42. The molecule has 5 heteroatoms. The highest BCUT2D eigenvalue weighted by Crippen LogP contribution is 2.39. The van der Waals surface area contributed by atoms with Crippen LogP contribution >= 0.6 is 0 Å². The molecule has 19 heavy (non-hydrogen) atoms. The Hall–Kier alpha value is -2.24. The van der Waals surface area contributed by atoms with Crippen LogP contribution in [0, 0.1) is 0 Å². The lowest BCUT2D eigenvalue weighted by molar-refractivity contribution is -0.0607. The number of amides is 1. The van der Waals surface area contributed by atoms with Crippen molar-refractivity contribution in [1.82, 2.24) is 9.88 Å². The van der Waals surface area contributed by atoms with Gasteiger partial charge >= 0.3 is 0 Å². The van der Waals surface area contributed by atoms with Crippen LogP contribution in [0.2, 0.25) is 0 Å². The van der Waals surface area contributed by atoms with E-state index in [2.05, 4.69) is 4.98 Å². The summed E-state index contributed by atoms with van der Waals surface area (Å²) in [4.78, 5) is 17.2. The summed E-state index contributed by atoms with van der Waals surface area (Å²) >= 11 is 0. The summed E-state index contributed by atoms with van der Waals surface area (Å²) in [7, 11) is 0. The van der Waals surface area contributed by atoms with Crippen LogP contribution in [-0.2, 0) is 0 Å². The van der Waals surface area contributed by atoms with E-state index in [0.29, 0.717) is 16.7 Å². The van der Waals surface area contributed by atoms with Gasteiger partial charge in [0.15, 0.2) is 12.5 Å². The predicted molar refractivity (Wildman–Crippen MR) is 66.8 cm³/mol. The fraction of sp³-hybridized carbons (Fsp3) is 0.143. The number of nitrogens with zero attached hydrogens (tertiary/aromatic N) is 2. The van der Waals surface area contributed by atoms with Gasteiger partial charge < -0.3 is 10.2 Å². The van der Waals surface area contributed by atoms with E-state index in [1.807, 2.05) is 0 Å². The molecule has 1 amide bonds. The van der Waals surface area contributed by atoms with Crippen molar-refractivity contribution in [1.29, 1.82) is 0 Å². The molecule has 5 nitrogen and oxygen atoms in total. The minimum atomic E-state index is -1.14. The monoisotopic (exact) mass is 256 g/mol. The Balaban J connectivity index is 1.98. The highest BCUT2D eigenvalue weighted by Gasteiger charge is 2.39. The number of fused-ring (bicyclic) bond motifs is 1. The van der Waals surface area contributed by atoms with E-state index < -0.39 is 18.4 Å². The molecule has 2 N–H and O–H groups in total. The van der Waals surface area contributed by atoms with Crippen LogP contribution in [0.15, 0.2) is 48.8 Å². The SMILES string of the molecule is O=C(c1cccnc1)N1C(O)c2ccccc2C1O. The second-order valence-electron chi connectivity index (χ2n) is 4.33. The van der Waals surface area contributed by atoms with Gasteiger partial charge in [-0.05, 0) is 12.1 Å². The third kappa shape index (κ3) is 1.80. The summed E-state index contributed by atoms with van der Waals surface area (Å²) in [6, 6.07) is 10.1. The molecule has 2 heterocycles. The van der Waals surface area contributed by atoms with Crippen molar-refractivity contribution in [3.63, 3.8) is 0 Å². The molecule has 96 valence electrons. The van der Waals surface area contributed by atoms with Gasteiger partial charge in [0.1, 0.15) is 0 Å². The summed E-state index contributed by atoms with van der Waals surface area (Å²) in [6.45, 7) is 0. The first-order valence-electron chi connectivity index (χ1n) is 5.88. The summed E-state index contributed by atoms with van der Waals surface area (Å²) in [5.74, 6) is -0.454. The Kier molecular flexibility index (Phi) is 2.77. The van der Waals surface area contributed by atoms with Crippen molar-refractivity contribution >= 4 is 5.91 Å². The van der Waals surface area contributed by atoms with Gasteiger partial charge in [0.2, 0.25) is 0 Å². The smallest absolute Gasteiger partial charge is 0.260 e. The maximum Gasteiger partial charge on any atom is 0.260 e. The molecule has 1 aromatic heterocycles. The average Bonchev–Trinajstić information content (AvgIpc) is 2.72. The number of hydrogen-bond donors (Lipinski definition) is 2. The van der Waals surface area contributed by atoms with Gasteiger partial charge in [-0.15, -0.1) is 0 Å². The van der Waals surface area contributed by atoms with Crippen LogP contribution in [0.25, 0.3) is 0 Å². The van der Waals surface area contributed by atoms with Crippen LogP contribution in [0.4, 0.5) is 0 Å². The van der Waals surface area contributed by atoms with Crippen LogP contribution in [0.3, 0.4) is 0 Å². The number of aromatic nitrogens is 1. The van der Waals surface area contributed by atoms with Crippen LogP contribution in [-0.4, -0.2) is 26.0 Å². The van der Waals surface area contributed by atoms with E-state index in [4.69, 9.17) is 0 Å². The number of benzene rings is 1.